The molecule has 10 heteroatoms. The number of hydrazine groups is 1. The Balaban J connectivity index is 1.37. The molecule has 0 heterocycles. The Morgan fingerprint density at radius 2 is 1.41 bits per heavy atom. The first-order chi connectivity index (χ1) is 16.5. The minimum absolute atomic E-state index is 0.0765. The maximum Gasteiger partial charge on any atom is 0.276 e. The van der Waals surface area contributed by atoms with Crippen LogP contribution >= 0.6 is 23.8 Å². The van der Waals surface area contributed by atoms with Gasteiger partial charge in [-0.25, -0.2) is 0 Å². The molecule has 0 atom stereocenters. The largest absolute Gasteiger partial charge is 0.490 e. The number of carbonyl (C=O) groups excluding carboxylic acids is 2. The van der Waals surface area contributed by atoms with Crippen LogP contribution in [-0.4, -0.2) is 36.7 Å². The number of nitrogens with one attached hydrogen (secondary N) is 3. The van der Waals surface area contributed by atoms with Crippen molar-refractivity contribution in [3.05, 3.63) is 89.4 Å². The van der Waals surface area contributed by atoms with Gasteiger partial charge in [-0.3, -0.25) is 25.8 Å². The van der Waals surface area contributed by atoms with Crippen LogP contribution in [0.15, 0.2) is 78.9 Å². The van der Waals surface area contributed by atoms with Crippen molar-refractivity contribution in [1.29, 1.82) is 0 Å². The van der Waals surface area contributed by atoms with Gasteiger partial charge < -0.3 is 14.2 Å². The minimum Gasteiger partial charge on any atom is -0.490 e. The van der Waals surface area contributed by atoms with Gasteiger partial charge in [-0.1, -0.05) is 35.9 Å². The van der Waals surface area contributed by atoms with Gasteiger partial charge in [0.05, 0.1) is 0 Å². The molecule has 2 amide bonds. The average molecular weight is 500 g/mol. The molecule has 0 radical (unpaired) electrons. The number of thiocarbonyl (C=S) groups is 1. The summed E-state index contributed by atoms with van der Waals surface area (Å²) in [5.41, 5.74) is 5.13. The molecule has 34 heavy (non-hydrogen) atoms. The monoisotopic (exact) mass is 499 g/mol. The fourth-order valence-corrected chi connectivity index (χ4v) is 2.88. The van der Waals surface area contributed by atoms with Crippen molar-refractivity contribution in [3.8, 4) is 17.2 Å². The second-order valence-electron chi connectivity index (χ2n) is 6.74. The molecule has 176 valence electrons. The van der Waals surface area contributed by atoms with Gasteiger partial charge in [-0.05, 0) is 66.8 Å². The highest BCUT2D eigenvalue weighted by Gasteiger charge is 2.10. The third-order valence-electron chi connectivity index (χ3n) is 4.19. The third kappa shape index (κ3) is 8.61. The maximum atomic E-state index is 12.4. The van der Waals surface area contributed by atoms with Crippen molar-refractivity contribution in [2.45, 2.75) is 0 Å². The number of para-hydroxylation sites is 1. The molecule has 0 aliphatic heterocycles. The first kappa shape index (κ1) is 24.8. The molecule has 3 aromatic carbocycles. The van der Waals surface area contributed by atoms with Gasteiger partial charge in [0.1, 0.15) is 30.5 Å². The summed E-state index contributed by atoms with van der Waals surface area (Å²) in [5.74, 6) is 0.804. The van der Waals surface area contributed by atoms with Crippen LogP contribution in [0.5, 0.6) is 17.2 Å². The number of amides is 2. The zero-order valence-corrected chi connectivity index (χ0v) is 19.5. The van der Waals surface area contributed by atoms with E-state index in [2.05, 4.69) is 16.2 Å². The lowest BCUT2D eigenvalue weighted by Gasteiger charge is -2.12. The molecule has 3 rings (SSSR count). The molecule has 0 saturated carbocycles. The van der Waals surface area contributed by atoms with Gasteiger partial charge in [0, 0.05) is 10.6 Å². The molecular weight excluding hydrogens is 478 g/mol. The maximum absolute atomic E-state index is 12.4. The van der Waals surface area contributed by atoms with Crippen LogP contribution in [-0.2, 0) is 4.79 Å². The van der Waals surface area contributed by atoms with E-state index in [0.29, 0.717) is 35.3 Å². The van der Waals surface area contributed by atoms with E-state index in [4.69, 9.17) is 38.0 Å². The van der Waals surface area contributed by atoms with Crippen molar-refractivity contribution < 1.29 is 23.8 Å². The predicted octanol–water partition coefficient (Wildman–Crippen LogP) is 3.51. The number of carbonyl (C=O) groups is 2. The fraction of sp³-hybridized carbons (Fsp3) is 0.125. The number of hydrogen-bond donors (Lipinski definition) is 3. The standard InChI is InChI=1S/C24H22ClN3O5S/c25-18-9-11-20(12-10-18)33-16-22(29)27-28-24(34)26-23(30)17-5-4-8-21(15-17)32-14-13-31-19-6-2-1-3-7-19/h1-12,15H,13-14,16H2,(H,27,29)(H2,26,28,30,34). The molecule has 0 fully saturated rings. The average Bonchev–Trinajstić information content (AvgIpc) is 2.86. The smallest absolute Gasteiger partial charge is 0.276 e. The second-order valence-corrected chi connectivity index (χ2v) is 7.58. The van der Waals surface area contributed by atoms with Crippen LogP contribution in [0.3, 0.4) is 0 Å². The zero-order valence-electron chi connectivity index (χ0n) is 18.0. The molecule has 0 spiro atoms. The Morgan fingerprint density at radius 3 is 2.15 bits per heavy atom. The summed E-state index contributed by atoms with van der Waals surface area (Å²) in [4.78, 5) is 24.3. The van der Waals surface area contributed by atoms with E-state index in [1.165, 1.54) is 0 Å². The van der Waals surface area contributed by atoms with Gasteiger partial charge in [0.2, 0.25) is 0 Å². The topological polar surface area (TPSA) is 97.9 Å². The van der Waals surface area contributed by atoms with E-state index >= 15 is 0 Å². The molecule has 0 unspecified atom stereocenters. The van der Waals surface area contributed by atoms with Crippen LogP contribution in [0, 0.1) is 0 Å². The summed E-state index contributed by atoms with van der Waals surface area (Å²) in [6.07, 6.45) is 0. The van der Waals surface area contributed by atoms with Gasteiger partial charge in [-0.2, -0.15) is 0 Å². The van der Waals surface area contributed by atoms with Crippen LogP contribution in [0.2, 0.25) is 5.02 Å². The van der Waals surface area contributed by atoms with Crippen molar-refractivity contribution in [2.75, 3.05) is 19.8 Å². The number of hydrogen-bond acceptors (Lipinski definition) is 6. The van der Waals surface area contributed by atoms with Crippen molar-refractivity contribution >= 4 is 40.7 Å². The quantitative estimate of drug-likeness (QED) is 0.235. The lowest BCUT2D eigenvalue weighted by Crippen LogP contribution is -2.49. The molecule has 3 aromatic rings. The van der Waals surface area contributed by atoms with Gasteiger partial charge in [0.15, 0.2) is 11.7 Å². The Bertz CT molecular complexity index is 1110. The lowest BCUT2D eigenvalue weighted by molar-refractivity contribution is -0.123. The summed E-state index contributed by atoms with van der Waals surface area (Å²) in [6.45, 7) is 0.415. The molecule has 8 nitrogen and oxygen atoms in total. The Morgan fingerprint density at radius 1 is 0.765 bits per heavy atom. The normalized spacial score (nSPS) is 10.0. The highest BCUT2D eigenvalue weighted by atomic mass is 35.5. The number of ether oxygens (including phenoxy) is 3. The van der Waals surface area contributed by atoms with Crippen LogP contribution in [0.25, 0.3) is 0 Å². The van der Waals surface area contributed by atoms with Crippen LogP contribution in [0.4, 0.5) is 0 Å². The number of benzene rings is 3. The second kappa shape index (κ2) is 13.0. The van der Waals surface area contributed by atoms with E-state index in [1.807, 2.05) is 30.3 Å². The minimum atomic E-state index is -0.486. The highest BCUT2D eigenvalue weighted by molar-refractivity contribution is 7.80. The van der Waals surface area contributed by atoms with Crippen molar-refractivity contribution in [1.82, 2.24) is 16.2 Å². The van der Waals surface area contributed by atoms with Crippen LogP contribution in [0.1, 0.15) is 10.4 Å². The Kier molecular flexibility index (Phi) is 9.51. The van der Waals surface area contributed by atoms with E-state index < -0.39 is 11.8 Å². The predicted molar refractivity (Wildman–Crippen MR) is 132 cm³/mol. The van der Waals surface area contributed by atoms with Gasteiger partial charge in [-0.15, -0.1) is 0 Å². The summed E-state index contributed by atoms with van der Waals surface area (Å²) in [5, 5.41) is 2.97. The molecule has 3 N–H and O–H groups in total. The zero-order chi connectivity index (χ0) is 24.2. The van der Waals surface area contributed by atoms with Crippen molar-refractivity contribution in [2.24, 2.45) is 0 Å². The summed E-state index contributed by atoms with van der Waals surface area (Å²) in [7, 11) is 0. The van der Waals surface area contributed by atoms with E-state index in [9.17, 15) is 9.59 Å². The van der Waals surface area contributed by atoms with Crippen LogP contribution < -0.4 is 30.4 Å². The molecule has 0 aliphatic carbocycles. The Hall–Kier alpha value is -3.82. The first-order valence-electron chi connectivity index (χ1n) is 10.2. The number of rotatable bonds is 9. The molecule has 0 aliphatic rings. The highest BCUT2D eigenvalue weighted by Crippen LogP contribution is 2.15. The molecular formula is C24H22ClN3O5S. The fourth-order valence-electron chi connectivity index (χ4n) is 2.61. The third-order valence-corrected chi connectivity index (χ3v) is 4.64. The van der Waals surface area contributed by atoms with Crippen molar-refractivity contribution in [3.63, 3.8) is 0 Å². The molecule has 0 aromatic heterocycles. The van der Waals surface area contributed by atoms with Gasteiger partial charge >= 0.3 is 0 Å². The molecule has 0 saturated heterocycles. The SMILES string of the molecule is O=C(COc1ccc(Cl)cc1)NNC(=S)NC(=O)c1cccc(OCCOc2ccccc2)c1. The summed E-state index contributed by atoms with van der Waals surface area (Å²) in [6, 6.07) is 22.6. The van der Waals surface area contributed by atoms with Gasteiger partial charge in [0.25, 0.3) is 11.8 Å². The van der Waals surface area contributed by atoms with E-state index in [-0.39, 0.29) is 11.7 Å². The molecule has 0 bridgehead atoms. The summed E-state index contributed by atoms with van der Waals surface area (Å²) < 4.78 is 16.5. The lowest BCUT2D eigenvalue weighted by atomic mass is 10.2. The number of halogens is 1. The van der Waals surface area contributed by atoms with E-state index in [0.717, 1.165) is 5.75 Å². The Labute approximate surface area is 207 Å². The summed E-state index contributed by atoms with van der Waals surface area (Å²) >= 11 is 10.8. The van der Waals surface area contributed by atoms with E-state index in [1.54, 1.807) is 48.5 Å². The first-order valence-corrected chi connectivity index (χ1v) is 11.0.